The molecule has 2 aromatic carbocycles. The Morgan fingerprint density at radius 2 is 2.03 bits per heavy atom. The van der Waals surface area contributed by atoms with E-state index in [1.165, 1.54) is 30.7 Å². The van der Waals surface area contributed by atoms with Gasteiger partial charge >= 0.3 is 0 Å². The molecule has 0 radical (unpaired) electrons. The van der Waals surface area contributed by atoms with E-state index in [4.69, 9.17) is 23.2 Å². The fraction of sp³-hybridized carbons (Fsp3) is 0.130. The Balaban J connectivity index is 1.54. The van der Waals surface area contributed by atoms with Gasteiger partial charge in [0.05, 0.1) is 23.4 Å². The van der Waals surface area contributed by atoms with Crippen LogP contribution in [0.25, 0.3) is 5.82 Å². The van der Waals surface area contributed by atoms with Gasteiger partial charge in [-0.1, -0.05) is 35.3 Å². The van der Waals surface area contributed by atoms with Crippen molar-refractivity contribution in [3.05, 3.63) is 93.9 Å². The van der Waals surface area contributed by atoms with E-state index in [1.807, 2.05) is 6.92 Å². The first kappa shape index (κ1) is 23.6. The molecule has 4 aromatic rings. The number of amides is 1. The summed E-state index contributed by atoms with van der Waals surface area (Å²) >= 11 is 12.1. The fourth-order valence-electron chi connectivity index (χ4n) is 3.21. The predicted octanol–water partition coefficient (Wildman–Crippen LogP) is 4.62. The number of aliphatic hydroxyl groups excluding tert-OH is 1. The number of nitrogens with zero attached hydrogens (tertiary/aromatic N) is 4. The molecule has 0 aliphatic heterocycles. The second-order valence-electron chi connectivity index (χ2n) is 7.38. The Morgan fingerprint density at radius 3 is 2.76 bits per heavy atom. The third-order valence-corrected chi connectivity index (χ3v) is 5.47. The maximum absolute atomic E-state index is 13.3. The largest absolute Gasteiger partial charge is 0.394 e. The minimum absolute atomic E-state index is 0.134. The van der Waals surface area contributed by atoms with E-state index >= 15 is 0 Å². The van der Waals surface area contributed by atoms with Gasteiger partial charge in [0.2, 0.25) is 5.95 Å². The van der Waals surface area contributed by atoms with Crippen LogP contribution >= 0.6 is 23.2 Å². The van der Waals surface area contributed by atoms with Crippen molar-refractivity contribution >= 4 is 40.7 Å². The summed E-state index contributed by atoms with van der Waals surface area (Å²) < 4.78 is 14.9. The molecule has 174 valence electrons. The van der Waals surface area contributed by atoms with Crippen molar-refractivity contribution in [1.82, 2.24) is 24.8 Å². The molecule has 0 bridgehead atoms. The quantitative estimate of drug-likeness (QED) is 0.341. The Kier molecular flexibility index (Phi) is 7.06. The summed E-state index contributed by atoms with van der Waals surface area (Å²) in [7, 11) is 0. The first-order valence-electron chi connectivity index (χ1n) is 10.1. The average molecular weight is 501 g/mol. The van der Waals surface area contributed by atoms with Gasteiger partial charge in [-0.15, -0.1) is 0 Å². The summed E-state index contributed by atoms with van der Waals surface area (Å²) in [6, 6.07) is 10.2. The highest BCUT2D eigenvalue weighted by Gasteiger charge is 2.18. The van der Waals surface area contributed by atoms with Gasteiger partial charge < -0.3 is 15.7 Å². The van der Waals surface area contributed by atoms with E-state index in [1.54, 1.807) is 35.0 Å². The van der Waals surface area contributed by atoms with Crippen LogP contribution in [0.1, 0.15) is 27.7 Å². The molecular formula is C23H19Cl2FN6O2. The molecule has 11 heteroatoms. The Morgan fingerprint density at radius 1 is 1.21 bits per heavy atom. The number of aliphatic hydroxyl groups is 1. The van der Waals surface area contributed by atoms with Crippen LogP contribution in [0.3, 0.4) is 0 Å². The molecule has 0 fully saturated rings. The van der Waals surface area contributed by atoms with Crippen LogP contribution in [-0.2, 0) is 0 Å². The summed E-state index contributed by atoms with van der Waals surface area (Å²) in [5.41, 5.74) is 1.98. The molecule has 2 aromatic heterocycles. The van der Waals surface area contributed by atoms with Crippen molar-refractivity contribution < 1.29 is 14.3 Å². The summed E-state index contributed by atoms with van der Waals surface area (Å²) in [6.45, 7) is 1.50. The van der Waals surface area contributed by atoms with Crippen molar-refractivity contribution in [2.24, 2.45) is 0 Å². The smallest absolute Gasteiger partial charge is 0.272 e. The van der Waals surface area contributed by atoms with Crippen LogP contribution in [-0.4, -0.2) is 37.1 Å². The Bertz CT molecular complexity index is 1350. The van der Waals surface area contributed by atoms with Crippen molar-refractivity contribution in [3.63, 3.8) is 0 Å². The van der Waals surface area contributed by atoms with Crippen LogP contribution in [0.15, 0.2) is 61.2 Å². The molecule has 0 saturated heterocycles. The molecule has 0 unspecified atom stereocenters. The summed E-state index contributed by atoms with van der Waals surface area (Å²) in [5.74, 6) is -0.212. The van der Waals surface area contributed by atoms with Gasteiger partial charge in [-0.2, -0.15) is 4.98 Å². The normalized spacial score (nSPS) is 11.8. The molecule has 1 amide bonds. The molecule has 34 heavy (non-hydrogen) atoms. The van der Waals surface area contributed by atoms with Gasteiger partial charge in [0.25, 0.3) is 5.91 Å². The zero-order valence-electron chi connectivity index (χ0n) is 17.8. The molecule has 0 aliphatic rings. The first-order chi connectivity index (χ1) is 16.3. The summed E-state index contributed by atoms with van der Waals surface area (Å²) in [6.07, 6.45) is 4.57. The molecular weight excluding hydrogens is 482 g/mol. The van der Waals surface area contributed by atoms with Crippen molar-refractivity contribution in [2.75, 3.05) is 11.9 Å². The Labute approximate surface area is 204 Å². The van der Waals surface area contributed by atoms with Crippen molar-refractivity contribution in [3.8, 4) is 5.82 Å². The molecule has 3 N–H and O–H groups in total. The predicted molar refractivity (Wildman–Crippen MR) is 127 cm³/mol. The number of imidazole rings is 1. The number of carbonyl (C=O) groups excluding carboxylic acids is 1. The number of rotatable bonds is 7. The van der Waals surface area contributed by atoms with E-state index in [9.17, 15) is 14.3 Å². The van der Waals surface area contributed by atoms with Crippen molar-refractivity contribution in [1.29, 1.82) is 0 Å². The highest BCUT2D eigenvalue weighted by atomic mass is 35.5. The van der Waals surface area contributed by atoms with Crippen LogP contribution in [0.4, 0.5) is 16.0 Å². The molecule has 8 nitrogen and oxygen atoms in total. The molecule has 1 atom stereocenters. The van der Waals surface area contributed by atoms with Crippen LogP contribution < -0.4 is 10.6 Å². The number of aromatic nitrogens is 4. The minimum Gasteiger partial charge on any atom is -0.394 e. The lowest BCUT2D eigenvalue weighted by atomic mass is 10.1. The lowest BCUT2D eigenvalue weighted by Crippen LogP contribution is -2.31. The Hall–Kier alpha value is -3.53. The third kappa shape index (κ3) is 5.33. The number of nitrogens with one attached hydrogen (secondary N) is 2. The van der Waals surface area contributed by atoms with E-state index in [0.29, 0.717) is 22.1 Å². The molecule has 2 heterocycles. The van der Waals surface area contributed by atoms with Crippen LogP contribution in [0, 0.1) is 12.7 Å². The summed E-state index contributed by atoms with van der Waals surface area (Å²) in [4.78, 5) is 25.6. The highest BCUT2D eigenvalue weighted by molar-refractivity contribution is 6.33. The van der Waals surface area contributed by atoms with E-state index in [2.05, 4.69) is 25.6 Å². The maximum atomic E-state index is 13.3. The van der Waals surface area contributed by atoms with Gasteiger partial charge in [0.1, 0.15) is 23.7 Å². The second-order valence-corrected chi connectivity index (χ2v) is 8.22. The zero-order chi connectivity index (χ0) is 24.2. The van der Waals surface area contributed by atoms with Gasteiger partial charge in [-0.25, -0.2) is 14.4 Å². The lowest BCUT2D eigenvalue weighted by Gasteiger charge is -2.16. The third-order valence-electron chi connectivity index (χ3n) is 4.92. The number of halogens is 3. The molecule has 4 rings (SSSR count). The molecule has 0 aliphatic carbocycles. The number of carbonyl (C=O) groups is 1. The lowest BCUT2D eigenvalue weighted by molar-refractivity contribution is 0.0911. The fourth-order valence-corrected chi connectivity index (χ4v) is 3.62. The SMILES string of the molecule is Cc1cnc(Nc2ccc(F)cc2Cl)nc1-n1cnc(C(=O)N[C@H](CO)c2cccc(Cl)c2)c1. The number of benzene rings is 2. The number of hydrogen-bond acceptors (Lipinski definition) is 6. The zero-order valence-corrected chi connectivity index (χ0v) is 19.3. The average Bonchev–Trinajstić information content (AvgIpc) is 3.30. The number of hydrogen-bond donors (Lipinski definition) is 3. The van der Waals surface area contributed by atoms with E-state index in [-0.39, 0.29) is 23.3 Å². The molecule has 0 spiro atoms. The highest BCUT2D eigenvalue weighted by Crippen LogP contribution is 2.25. The van der Waals surface area contributed by atoms with Crippen LogP contribution in [0.5, 0.6) is 0 Å². The first-order valence-corrected chi connectivity index (χ1v) is 10.9. The standard InChI is InChI=1S/C23H19Cl2FN6O2/c1-13-9-27-23(30-18-6-5-16(26)8-17(18)25)31-21(13)32-10-19(28-12-32)22(34)29-20(11-33)14-3-2-4-15(24)7-14/h2-10,12,20,33H,11H2,1H3,(H,29,34)(H,27,30,31)/t20-/m1/s1. The van der Waals surface area contributed by atoms with E-state index in [0.717, 1.165) is 5.56 Å². The maximum Gasteiger partial charge on any atom is 0.272 e. The number of anilines is 2. The van der Waals surface area contributed by atoms with Gasteiger partial charge in [0, 0.05) is 23.0 Å². The number of aryl methyl sites for hydroxylation is 1. The van der Waals surface area contributed by atoms with Crippen LogP contribution in [0.2, 0.25) is 10.0 Å². The molecule has 0 saturated carbocycles. The topological polar surface area (TPSA) is 105 Å². The van der Waals surface area contributed by atoms with Gasteiger partial charge in [-0.3, -0.25) is 9.36 Å². The second kappa shape index (κ2) is 10.2. The van der Waals surface area contributed by atoms with Crippen molar-refractivity contribution in [2.45, 2.75) is 13.0 Å². The minimum atomic E-state index is -0.645. The van der Waals surface area contributed by atoms with Gasteiger partial charge in [-0.05, 0) is 42.8 Å². The van der Waals surface area contributed by atoms with Gasteiger partial charge in [0.15, 0.2) is 0 Å². The van der Waals surface area contributed by atoms with E-state index < -0.39 is 17.8 Å². The monoisotopic (exact) mass is 500 g/mol. The summed E-state index contributed by atoms with van der Waals surface area (Å²) in [5, 5.41) is 16.1.